The van der Waals surface area contributed by atoms with Crippen LogP contribution < -0.4 is 0 Å². The van der Waals surface area contributed by atoms with Gasteiger partial charge in [-0.1, -0.05) is 42.5 Å². The van der Waals surface area contributed by atoms with Crippen LogP contribution in [0.25, 0.3) is 22.2 Å². The van der Waals surface area contributed by atoms with E-state index in [4.69, 9.17) is 0 Å². The molecule has 3 aromatic rings. The molecule has 1 aliphatic rings. The summed E-state index contributed by atoms with van der Waals surface area (Å²) in [6.07, 6.45) is 0.377. The van der Waals surface area contributed by atoms with Gasteiger partial charge in [-0.25, -0.2) is 0 Å². The number of aliphatic hydroxyl groups is 1. The molecule has 3 nitrogen and oxygen atoms in total. The summed E-state index contributed by atoms with van der Waals surface area (Å²) in [6, 6.07) is 18.1. The first-order valence-electron chi connectivity index (χ1n) is 8.29. The molecule has 2 heterocycles. The quantitative estimate of drug-likeness (QED) is 0.761. The third-order valence-corrected chi connectivity index (χ3v) is 4.97. The van der Waals surface area contributed by atoms with E-state index in [1.807, 2.05) is 54.0 Å². The maximum atomic E-state index is 13.5. The summed E-state index contributed by atoms with van der Waals surface area (Å²) in [5, 5.41) is 11.5. The zero-order valence-corrected chi connectivity index (χ0v) is 14.2. The molecule has 0 amide bonds. The van der Waals surface area contributed by atoms with E-state index in [-0.39, 0.29) is 5.91 Å². The number of hydrogen-bond donors (Lipinski definition) is 1. The Bertz CT molecular complexity index is 961. The Hall–Kier alpha value is -2.39. The summed E-state index contributed by atoms with van der Waals surface area (Å²) in [7, 11) is 0. The number of carbonyl (C=O) groups is 1. The first-order valence-corrected chi connectivity index (χ1v) is 8.29. The predicted octanol–water partition coefficient (Wildman–Crippen LogP) is 4.38. The maximum absolute atomic E-state index is 13.5. The fourth-order valence-corrected chi connectivity index (χ4v) is 4.16. The molecule has 4 rings (SSSR count). The average molecular weight is 319 g/mol. The van der Waals surface area contributed by atoms with Crippen molar-refractivity contribution in [3.05, 3.63) is 60.2 Å². The van der Waals surface area contributed by atoms with Crippen molar-refractivity contribution in [2.45, 2.75) is 38.2 Å². The van der Waals surface area contributed by atoms with Crippen molar-refractivity contribution in [2.24, 2.45) is 0 Å². The first kappa shape index (κ1) is 15.2. The van der Waals surface area contributed by atoms with Crippen LogP contribution in [0.15, 0.2) is 54.6 Å². The Morgan fingerprint density at radius 1 is 1.08 bits per heavy atom. The number of fused-ring (bicyclic) bond motifs is 5. The summed E-state index contributed by atoms with van der Waals surface area (Å²) >= 11 is 0. The molecule has 2 aromatic carbocycles. The highest BCUT2D eigenvalue weighted by atomic mass is 16.3. The van der Waals surface area contributed by atoms with E-state index in [1.54, 1.807) is 13.8 Å². The summed E-state index contributed by atoms with van der Waals surface area (Å²) in [5.74, 6) is 0.0273. The molecule has 0 saturated heterocycles. The van der Waals surface area contributed by atoms with Gasteiger partial charge in [-0.2, -0.15) is 0 Å². The van der Waals surface area contributed by atoms with Crippen LogP contribution in [0, 0.1) is 0 Å². The fraction of sp³-hybridized carbons (Fsp3) is 0.286. The smallest absolute Gasteiger partial charge is 0.242 e. The molecule has 0 radical (unpaired) electrons. The Kier molecular flexibility index (Phi) is 3.03. The monoisotopic (exact) mass is 319 g/mol. The molecule has 0 spiro atoms. The largest absolute Gasteiger partial charge is 0.390 e. The molecule has 122 valence electrons. The minimum Gasteiger partial charge on any atom is -0.390 e. The Labute approximate surface area is 141 Å². The minimum atomic E-state index is -0.933. The Morgan fingerprint density at radius 2 is 1.75 bits per heavy atom. The van der Waals surface area contributed by atoms with Gasteiger partial charge in [0.1, 0.15) is 0 Å². The number of hydrogen-bond acceptors (Lipinski definition) is 2. The highest BCUT2D eigenvalue weighted by Crippen LogP contribution is 2.45. The van der Waals surface area contributed by atoms with Crippen LogP contribution in [0.1, 0.15) is 37.6 Å². The Balaban J connectivity index is 2.07. The van der Waals surface area contributed by atoms with Crippen molar-refractivity contribution in [1.82, 2.24) is 4.57 Å². The summed E-state index contributed by atoms with van der Waals surface area (Å²) < 4.78 is 1.82. The van der Waals surface area contributed by atoms with Gasteiger partial charge in [-0.05, 0) is 44.9 Å². The highest BCUT2D eigenvalue weighted by Gasteiger charge is 2.45. The Morgan fingerprint density at radius 3 is 2.50 bits per heavy atom. The van der Waals surface area contributed by atoms with Crippen LogP contribution in [0.4, 0.5) is 0 Å². The van der Waals surface area contributed by atoms with Crippen molar-refractivity contribution < 1.29 is 9.90 Å². The second-order valence-electron chi connectivity index (χ2n) is 7.60. The van der Waals surface area contributed by atoms with Gasteiger partial charge in [-0.3, -0.25) is 9.36 Å². The number of benzene rings is 2. The lowest BCUT2D eigenvalue weighted by molar-refractivity contribution is 0.0378. The topological polar surface area (TPSA) is 42.2 Å². The standard InChI is InChI=1S/C21H21NO2/c1-20(2,24)13-21(3)16-10-6-5-9-15(16)18-12-14-8-4-7-11-17(14)22(18)19(21)23/h4-12,24H,13H2,1-3H3/t21-/m1/s1. The third-order valence-electron chi connectivity index (χ3n) is 4.97. The summed E-state index contributed by atoms with van der Waals surface area (Å²) in [6.45, 7) is 5.47. The van der Waals surface area contributed by atoms with E-state index in [0.717, 1.165) is 27.7 Å². The average Bonchev–Trinajstić information content (AvgIpc) is 2.91. The van der Waals surface area contributed by atoms with Crippen molar-refractivity contribution >= 4 is 16.8 Å². The van der Waals surface area contributed by atoms with Gasteiger partial charge in [0.25, 0.3) is 0 Å². The van der Waals surface area contributed by atoms with Crippen LogP contribution in [-0.4, -0.2) is 21.2 Å². The van der Waals surface area contributed by atoms with Gasteiger partial charge in [0.05, 0.1) is 22.2 Å². The number of aromatic nitrogens is 1. The lowest BCUT2D eigenvalue weighted by atomic mass is 9.70. The molecule has 1 atom stereocenters. The van der Waals surface area contributed by atoms with Crippen molar-refractivity contribution in [2.75, 3.05) is 0 Å². The van der Waals surface area contributed by atoms with Crippen LogP contribution in [-0.2, 0) is 5.41 Å². The summed E-state index contributed by atoms with van der Waals surface area (Å²) in [5.41, 5.74) is 2.23. The molecular formula is C21H21NO2. The molecule has 1 aliphatic heterocycles. The second kappa shape index (κ2) is 4.81. The SMILES string of the molecule is CC(C)(O)C[C@@]1(C)C(=O)n2c(cc3ccccc32)-c2ccccc21. The van der Waals surface area contributed by atoms with Gasteiger partial charge < -0.3 is 5.11 Å². The first-order chi connectivity index (χ1) is 11.3. The summed E-state index contributed by atoms with van der Waals surface area (Å²) in [4.78, 5) is 13.5. The van der Waals surface area contributed by atoms with Gasteiger partial charge in [0.15, 0.2) is 0 Å². The van der Waals surface area contributed by atoms with E-state index >= 15 is 0 Å². The maximum Gasteiger partial charge on any atom is 0.242 e. The molecule has 0 fully saturated rings. The molecule has 1 aromatic heterocycles. The highest BCUT2D eigenvalue weighted by molar-refractivity contribution is 6.06. The van der Waals surface area contributed by atoms with Crippen LogP contribution >= 0.6 is 0 Å². The predicted molar refractivity (Wildman–Crippen MR) is 96.3 cm³/mol. The number of carbonyl (C=O) groups excluding carboxylic acids is 1. The molecule has 0 unspecified atom stereocenters. The van der Waals surface area contributed by atoms with E-state index in [0.29, 0.717) is 6.42 Å². The lowest BCUT2D eigenvalue weighted by Gasteiger charge is -2.39. The number of nitrogens with zero attached hydrogens (tertiary/aromatic N) is 1. The van der Waals surface area contributed by atoms with Crippen molar-refractivity contribution in [3.8, 4) is 11.3 Å². The zero-order chi connectivity index (χ0) is 17.1. The molecule has 0 saturated carbocycles. The number of rotatable bonds is 2. The van der Waals surface area contributed by atoms with Gasteiger partial charge in [-0.15, -0.1) is 0 Å². The minimum absolute atomic E-state index is 0.0273. The lowest BCUT2D eigenvalue weighted by Crippen LogP contribution is -2.45. The van der Waals surface area contributed by atoms with Crippen LogP contribution in [0.3, 0.4) is 0 Å². The van der Waals surface area contributed by atoms with E-state index in [2.05, 4.69) is 12.1 Å². The van der Waals surface area contributed by atoms with Crippen molar-refractivity contribution in [3.63, 3.8) is 0 Å². The van der Waals surface area contributed by atoms with Gasteiger partial charge in [0.2, 0.25) is 5.91 Å². The normalized spacial score (nSPS) is 20.1. The molecule has 0 aliphatic carbocycles. The van der Waals surface area contributed by atoms with E-state index in [1.165, 1.54) is 0 Å². The zero-order valence-electron chi connectivity index (χ0n) is 14.2. The third kappa shape index (κ3) is 2.05. The number of para-hydroxylation sites is 1. The van der Waals surface area contributed by atoms with E-state index in [9.17, 15) is 9.90 Å². The molecule has 24 heavy (non-hydrogen) atoms. The molecule has 0 bridgehead atoms. The van der Waals surface area contributed by atoms with Gasteiger partial charge >= 0.3 is 0 Å². The van der Waals surface area contributed by atoms with Crippen LogP contribution in [0.2, 0.25) is 0 Å². The van der Waals surface area contributed by atoms with Gasteiger partial charge in [0, 0.05) is 10.9 Å². The molecular weight excluding hydrogens is 298 g/mol. The van der Waals surface area contributed by atoms with E-state index < -0.39 is 11.0 Å². The fourth-order valence-electron chi connectivity index (χ4n) is 4.16. The van der Waals surface area contributed by atoms with Crippen molar-refractivity contribution in [1.29, 1.82) is 0 Å². The van der Waals surface area contributed by atoms with Crippen LogP contribution in [0.5, 0.6) is 0 Å². The molecule has 1 N–H and O–H groups in total. The second-order valence-corrected chi connectivity index (χ2v) is 7.60. The molecule has 3 heteroatoms.